The molecule has 0 heterocycles. The Hall–Kier alpha value is -2.55. The number of benzene rings is 2. The first-order chi connectivity index (χ1) is 13.9. The normalized spacial score (nSPS) is 31.1. The Balaban J connectivity index is 1.52. The second-order valence-electron chi connectivity index (χ2n) is 9.73. The fraction of sp³-hybridized carbons (Fsp3) is 0.423. The SMILES string of the molecule is CC(/C=C/c1ccc2cc(O)c(C34CC5CC(CC(C5)C3)C4)cc2c1)=C\C(=O)O. The quantitative estimate of drug-likeness (QED) is 0.494. The smallest absolute Gasteiger partial charge is 0.328 e. The molecule has 150 valence electrons. The topological polar surface area (TPSA) is 57.5 Å². The Bertz CT molecular complexity index is 1010. The first kappa shape index (κ1) is 18.5. The van der Waals surface area contributed by atoms with Gasteiger partial charge in [0.25, 0.3) is 0 Å². The van der Waals surface area contributed by atoms with E-state index in [0.717, 1.165) is 39.7 Å². The Labute approximate surface area is 171 Å². The molecule has 4 aliphatic carbocycles. The molecule has 2 N–H and O–H groups in total. The monoisotopic (exact) mass is 388 g/mol. The summed E-state index contributed by atoms with van der Waals surface area (Å²) in [6.07, 6.45) is 12.9. The molecule has 0 amide bonds. The molecule has 29 heavy (non-hydrogen) atoms. The lowest BCUT2D eigenvalue weighted by atomic mass is 9.48. The van der Waals surface area contributed by atoms with E-state index in [4.69, 9.17) is 5.11 Å². The van der Waals surface area contributed by atoms with Gasteiger partial charge in [-0.25, -0.2) is 4.79 Å². The molecule has 0 aliphatic heterocycles. The molecule has 2 aromatic rings. The summed E-state index contributed by atoms with van der Waals surface area (Å²) in [5, 5.41) is 22.0. The number of hydrogen-bond acceptors (Lipinski definition) is 2. The zero-order valence-electron chi connectivity index (χ0n) is 16.9. The molecule has 0 radical (unpaired) electrons. The third-order valence-corrected chi connectivity index (χ3v) is 7.48. The van der Waals surface area contributed by atoms with Crippen LogP contribution in [0.15, 0.2) is 48.1 Å². The third-order valence-electron chi connectivity index (χ3n) is 7.48. The van der Waals surface area contributed by atoms with Crippen molar-refractivity contribution in [1.82, 2.24) is 0 Å². The van der Waals surface area contributed by atoms with Crippen molar-refractivity contribution in [3.05, 3.63) is 59.2 Å². The number of hydrogen-bond donors (Lipinski definition) is 2. The van der Waals surface area contributed by atoms with Gasteiger partial charge in [-0.05, 0) is 109 Å². The summed E-state index contributed by atoms with van der Waals surface area (Å²) in [5.74, 6) is 2.06. The van der Waals surface area contributed by atoms with Gasteiger partial charge in [-0.15, -0.1) is 0 Å². The number of carboxylic acid groups (broad SMARTS) is 1. The lowest BCUT2D eigenvalue weighted by molar-refractivity contribution is -0.131. The van der Waals surface area contributed by atoms with Crippen LogP contribution in [0.4, 0.5) is 0 Å². The highest BCUT2D eigenvalue weighted by Crippen LogP contribution is 2.62. The van der Waals surface area contributed by atoms with E-state index in [-0.39, 0.29) is 5.41 Å². The highest BCUT2D eigenvalue weighted by molar-refractivity contribution is 5.87. The Morgan fingerprint density at radius 2 is 1.66 bits per heavy atom. The van der Waals surface area contributed by atoms with Crippen LogP contribution < -0.4 is 0 Å². The molecular weight excluding hydrogens is 360 g/mol. The van der Waals surface area contributed by atoms with E-state index in [1.807, 2.05) is 30.4 Å². The van der Waals surface area contributed by atoms with E-state index < -0.39 is 5.97 Å². The van der Waals surface area contributed by atoms with Gasteiger partial charge in [0.1, 0.15) is 5.75 Å². The van der Waals surface area contributed by atoms with Gasteiger partial charge < -0.3 is 10.2 Å². The van der Waals surface area contributed by atoms with Crippen molar-refractivity contribution in [1.29, 1.82) is 0 Å². The van der Waals surface area contributed by atoms with E-state index in [1.165, 1.54) is 44.6 Å². The van der Waals surface area contributed by atoms with Gasteiger partial charge in [0, 0.05) is 11.6 Å². The maximum Gasteiger partial charge on any atom is 0.328 e. The molecule has 2 aromatic carbocycles. The Morgan fingerprint density at radius 3 is 2.28 bits per heavy atom. The average molecular weight is 389 g/mol. The lowest BCUT2D eigenvalue weighted by Crippen LogP contribution is -2.48. The van der Waals surface area contributed by atoms with Gasteiger partial charge in [-0.1, -0.05) is 24.3 Å². The third kappa shape index (κ3) is 3.37. The number of phenolic OH excluding ortho intramolecular Hbond substituents is 1. The van der Waals surface area contributed by atoms with Crippen molar-refractivity contribution in [3.63, 3.8) is 0 Å². The summed E-state index contributed by atoms with van der Waals surface area (Å²) in [6.45, 7) is 1.79. The fourth-order valence-electron chi connectivity index (χ4n) is 6.74. The van der Waals surface area contributed by atoms with Crippen LogP contribution in [0.3, 0.4) is 0 Å². The predicted octanol–water partition coefficient (Wildman–Crippen LogP) is 6.06. The minimum Gasteiger partial charge on any atom is -0.508 e. The maximum absolute atomic E-state index is 10.9. The number of aliphatic carboxylic acids is 1. The highest BCUT2D eigenvalue weighted by Gasteiger charge is 2.52. The first-order valence-electron chi connectivity index (χ1n) is 10.8. The highest BCUT2D eigenvalue weighted by atomic mass is 16.4. The van der Waals surface area contributed by atoms with E-state index in [1.54, 1.807) is 6.92 Å². The molecule has 0 saturated heterocycles. The van der Waals surface area contributed by atoms with E-state index >= 15 is 0 Å². The van der Waals surface area contributed by atoms with E-state index in [9.17, 15) is 9.90 Å². The molecule has 3 heteroatoms. The Morgan fingerprint density at radius 1 is 1.00 bits per heavy atom. The van der Waals surface area contributed by atoms with Crippen LogP contribution in [0.2, 0.25) is 0 Å². The van der Waals surface area contributed by atoms with Gasteiger partial charge >= 0.3 is 5.97 Å². The van der Waals surface area contributed by atoms with Crippen LogP contribution in [0.1, 0.15) is 56.6 Å². The molecule has 3 nitrogen and oxygen atoms in total. The van der Waals surface area contributed by atoms with Gasteiger partial charge in [-0.2, -0.15) is 0 Å². The van der Waals surface area contributed by atoms with Crippen LogP contribution in [-0.2, 0) is 10.2 Å². The molecule has 4 saturated carbocycles. The molecule has 0 spiro atoms. The van der Waals surface area contributed by atoms with Crippen LogP contribution >= 0.6 is 0 Å². The summed E-state index contributed by atoms with van der Waals surface area (Å²) in [6, 6.07) is 10.4. The van der Waals surface area contributed by atoms with Crippen LogP contribution in [0.5, 0.6) is 5.75 Å². The first-order valence-corrected chi connectivity index (χ1v) is 10.8. The molecule has 4 fully saturated rings. The van der Waals surface area contributed by atoms with Crippen LogP contribution in [0.25, 0.3) is 16.8 Å². The minimum absolute atomic E-state index is 0.166. The van der Waals surface area contributed by atoms with E-state index in [0.29, 0.717) is 11.3 Å². The summed E-state index contributed by atoms with van der Waals surface area (Å²) in [7, 11) is 0. The zero-order chi connectivity index (χ0) is 20.2. The molecule has 0 aromatic heterocycles. The van der Waals surface area contributed by atoms with Crippen LogP contribution in [0, 0.1) is 17.8 Å². The number of rotatable bonds is 4. The lowest BCUT2D eigenvalue weighted by Gasteiger charge is -2.57. The number of carbonyl (C=O) groups is 1. The van der Waals surface area contributed by atoms with Crippen molar-refractivity contribution in [3.8, 4) is 5.75 Å². The van der Waals surface area contributed by atoms with Gasteiger partial charge in [0.05, 0.1) is 0 Å². The van der Waals surface area contributed by atoms with Crippen molar-refractivity contribution in [2.24, 2.45) is 17.8 Å². The van der Waals surface area contributed by atoms with Crippen molar-refractivity contribution < 1.29 is 15.0 Å². The Kier molecular flexibility index (Phi) is 4.31. The zero-order valence-corrected chi connectivity index (χ0v) is 16.9. The van der Waals surface area contributed by atoms with Crippen molar-refractivity contribution >= 4 is 22.8 Å². The second kappa shape index (κ2) is 6.76. The summed E-state index contributed by atoms with van der Waals surface area (Å²) in [4.78, 5) is 10.8. The molecule has 4 bridgehead atoms. The van der Waals surface area contributed by atoms with E-state index in [2.05, 4.69) is 12.1 Å². The second-order valence-corrected chi connectivity index (χ2v) is 9.73. The average Bonchev–Trinajstić information content (AvgIpc) is 2.64. The standard InChI is InChI=1S/C26H28O3/c1-16(6-25(28)29)2-3-17-4-5-21-12-24(27)23(11-22(21)10-17)26-13-18-7-19(14-26)9-20(8-18)15-26/h2-6,10-12,18-20,27H,7-9,13-15H2,1H3,(H,28,29)/b3-2+,16-6+. The van der Waals surface area contributed by atoms with Gasteiger partial charge in [-0.3, -0.25) is 0 Å². The predicted molar refractivity (Wildman–Crippen MR) is 116 cm³/mol. The summed E-state index contributed by atoms with van der Waals surface area (Å²) < 4.78 is 0. The van der Waals surface area contributed by atoms with Gasteiger partial charge in [0.15, 0.2) is 0 Å². The molecular formula is C26H28O3. The largest absolute Gasteiger partial charge is 0.508 e. The van der Waals surface area contributed by atoms with Crippen LogP contribution in [-0.4, -0.2) is 16.2 Å². The minimum atomic E-state index is -0.929. The number of carboxylic acids is 1. The molecule has 4 aliphatic rings. The molecule has 6 rings (SSSR count). The number of phenols is 1. The maximum atomic E-state index is 10.9. The fourth-order valence-corrected chi connectivity index (χ4v) is 6.74. The number of allylic oxidation sites excluding steroid dienone is 2. The van der Waals surface area contributed by atoms with Gasteiger partial charge in [0.2, 0.25) is 0 Å². The molecule has 0 unspecified atom stereocenters. The molecule has 0 atom stereocenters. The summed E-state index contributed by atoms with van der Waals surface area (Å²) in [5.41, 5.74) is 3.07. The van der Waals surface area contributed by atoms with Crippen molar-refractivity contribution in [2.75, 3.05) is 0 Å². The van der Waals surface area contributed by atoms with Crippen molar-refractivity contribution in [2.45, 2.75) is 50.9 Å². The number of aromatic hydroxyl groups is 1. The summed E-state index contributed by atoms with van der Waals surface area (Å²) >= 11 is 0. The number of fused-ring (bicyclic) bond motifs is 1.